The third kappa shape index (κ3) is 4.35. The van der Waals surface area contributed by atoms with Crippen molar-refractivity contribution in [1.29, 1.82) is 0 Å². The molecule has 3 nitrogen and oxygen atoms in total. The fourth-order valence-corrected chi connectivity index (χ4v) is 3.23. The van der Waals surface area contributed by atoms with Crippen LogP contribution in [-0.2, 0) is 11.3 Å². The van der Waals surface area contributed by atoms with Crippen molar-refractivity contribution in [2.75, 3.05) is 6.54 Å². The van der Waals surface area contributed by atoms with Gasteiger partial charge in [-0.15, -0.1) is 0 Å². The first-order valence-electron chi connectivity index (χ1n) is 7.49. The van der Waals surface area contributed by atoms with Gasteiger partial charge in [-0.2, -0.15) is 0 Å². The second-order valence-electron chi connectivity index (χ2n) is 5.72. The molecule has 1 fully saturated rings. The van der Waals surface area contributed by atoms with Crippen molar-refractivity contribution < 1.29 is 4.79 Å². The lowest BCUT2D eigenvalue weighted by Gasteiger charge is -2.31. The van der Waals surface area contributed by atoms with Crippen LogP contribution in [-0.4, -0.2) is 23.4 Å². The van der Waals surface area contributed by atoms with E-state index in [1.165, 1.54) is 0 Å². The molecule has 2 atom stereocenters. The lowest BCUT2D eigenvalue weighted by Crippen LogP contribution is -2.40. The van der Waals surface area contributed by atoms with Crippen LogP contribution in [0.25, 0.3) is 0 Å². The second-order valence-corrected chi connectivity index (χ2v) is 6.54. The molecule has 0 bridgehead atoms. The highest BCUT2D eigenvalue weighted by Gasteiger charge is 2.28. The normalized spacial score (nSPS) is 22.1. The summed E-state index contributed by atoms with van der Waals surface area (Å²) in [5, 5.41) is 1.06. The molecule has 21 heavy (non-hydrogen) atoms. The van der Waals surface area contributed by atoms with Gasteiger partial charge in [0.2, 0.25) is 5.91 Å². The molecule has 0 heterocycles. The predicted molar refractivity (Wildman–Crippen MR) is 87.5 cm³/mol. The SMILES string of the molecule is CCN(Cc1ccc(Cl)c(Cl)c1)C(=O)C1CCCC(N)C1. The van der Waals surface area contributed by atoms with Gasteiger partial charge in [0.05, 0.1) is 10.0 Å². The Balaban J connectivity index is 2.04. The summed E-state index contributed by atoms with van der Waals surface area (Å²) in [5.41, 5.74) is 6.99. The Morgan fingerprint density at radius 1 is 1.33 bits per heavy atom. The summed E-state index contributed by atoms with van der Waals surface area (Å²) in [6.07, 6.45) is 3.83. The molecule has 1 aromatic carbocycles. The summed E-state index contributed by atoms with van der Waals surface area (Å²) in [4.78, 5) is 14.5. The van der Waals surface area contributed by atoms with Crippen LogP contribution in [0.1, 0.15) is 38.2 Å². The van der Waals surface area contributed by atoms with Crippen molar-refractivity contribution in [2.45, 2.75) is 45.2 Å². The fourth-order valence-electron chi connectivity index (χ4n) is 2.91. The van der Waals surface area contributed by atoms with Gasteiger partial charge < -0.3 is 10.6 Å². The molecule has 5 heteroatoms. The molecule has 2 rings (SSSR count). The molecule has 2 unspecified atom stereocenters. The minimum absolute atomic E-state index is 0.0662. The Morgan fingerprint density at radius 2 is 2.10 bits per heavy atom. The Morgan fingerprint density at radius 3 is 2.71 bits per heavy atom. The summed E-state index contributed by atoms with van der Waals surface area (Å²) >= 11 is 12.0. The number of halogens is 2. The van der Waals surface area contributed by atoms with Gasteiger partial charge in [0.1, 0.15) is 0 Å². The molecule has 1 aliphatic carbocycles. The number of carbonyl (C=O) groups excluding carboxylic acids is 1. The molecule has 0 saturated heterocycles. The van der Waals surface area contributed by atoms with Gasteiger partial charge in [-0.3, -0.25) is 4.79 Å². The number of amides is 1. The maximum atomic E-state index is 12.6. The van der Waals surface area contributed by atoms with Gasteiger partial charge in [0, 0.05) is 25.0 Å². The van der Waals surface area contributed by atoms with Crippen LogP contribution in [0, 0.1) is 5.92 Å². The molecule has 0 aromatic heterocycles. The first-order chi connectivity index (χ1) is 10.0. The molecule has 1 amide bonds. The monoisotopic (exact) mass is 328 g/mol. The largest absolute Gasteiger partial charge is 0.338 e. The van der Waals surface area contributed by atoms with Crippen LogP contribution >= 0.6 is 23.2 Å². The van der Waals surface area contributed by atoms with Crippen LogP contribution in [0.15, 0.2) is 18.2 Å². The standard InChI is InChI=1S/C16H22Cl2N2O/c1-2-20(10-11-6-7-14(17)15(18)8-11)16(21)12-4-3-5-13(19)9-12/h6-8,12-13H,2-5,9-10,19H2,1H3. The lowest BCUT2D eigenvalue weighted by molar-refractivity contribution is -0.137. The number of carbonyl (C=O) groups is 1. The van der Waals surface area contributed by atoms with Crippen molar-refractivity contribution in [3.63, 3.8) is 0 Å². The van der Waals surface area contributed by atoms with Crippen LogP contribution < -0.4 is 5.73 Å². The van der Waals surface area contributed by atoms with E-state index < -0.39 is 0 Å². The van der Waals surface area contributed by atoms with Gasteiger partial charge in [0.15, 0.2) is 0 Å². The van der Waals surface area contributed by atoms with E-state index >= 15 is 0 Å². The molecule has 1 saturated carbocycles. The summed E-state index contributed by atoms with van der Waals surface area (Å²) in [6, 6.07) is 5.67. The minimum atomic E-state index is 0.0662. The number of hydrogen-bond donors (Lipinski definition) is 1. The van der Waals surface area contributed by atoms with Gasteiger partial charge in [0.25, 0.3) is 0 Å². The van der Waals surface area contributed by atoms with E-state index in [0.717, 1.165) is 31.2 Å². The molecule has 0 spiro atoms. The molecule has 0 aliphatic heterocycles. The van der Waals surface area contributed by atoms with Crippen molar-refractivity contribution in [3.05, 3.63) is 33.8 Å². The quantitative estimate of drug-likeness (QED) is 0.912. The zero-order valence-corrected chi connectivity index (χ0v) is 13.8. The molecule has 0 radical (unpaired) electrons. The van der Waals surface area contributed by atoms with E-state index in [9.17, 15) is 4.79 Å². The first kappa shape index (κ1) is 16.6. The fraction of sp³-hybridized carbons (Fsp3) is 0.562. The summed E-state index contributed by atoms with van der Waals surface area (Å²) in [5.74, 6) is 0.273. The lowest BCUT2D eigenvalue weighted by atomic mass is 9.85. The third-order valence-corrected chi connectivity index (χ3v) is 4.85. The number of nitrogens with two attached hydrogens (primary N) is 1. The Hall–Kier alpha value is -0.770. The number of benzene rings is 1. The van der Waals surface area contributed by atoms with E-state index in [2.05, 4.69) is 0 Å². The number of nitrogens with zero attached hydrogens (tertiary/aromatic N) is 1. The molecule has 1 aliphatic rings. The highest BCUT2D eigenvalue weighted by molar-refractivity contribution is 6.42. The van der Waals surface area contributed by atoms with E-state index in [-0.39, 0.29) is 17.9 Å². The smallest absolute Gasteiger partial charge is 0.226 e. The third-order valence-electron chi connectivity index (χ3n) is 4.11. The molecule has 2 N–H and O–H groups in total. The average Bonchev–Trinajstić information content (AvgIpc) is 2.47. The number of hydrogen-bond acceptors (Lipinski definition) is 2. The zero-order chi connectivity index (χ0) is 15.4. The van der Waals surface area contributed by atoms with E-state index in [1.807, 2.05) is 24.0 Å². The Labute approximate surface area is 136 Å². The molecule has 1 aromatic rings. The summed E-state index contributed by atoms with van der Waals surface area (Å²) in [7, 11) is 0. The van der Waals surface area contributed by atoms with Crippen molar-refractivity contribution in [1.82, 2.24) is 4.90 Å². The second kappa shape index (κ2) is 7.48. The van der Waals surface area contributed by atoms with Crippen molar-refractivity contribution in [3.8, 4) is 0 Å². The first-order valence-corrected chi connectivity index (χ1v) is 8.25. The maximum absolute atomic E-state index is 12.6. The summed E-state index contributed by atoms with van der Waals surface area (Å²) in [6.45, 7) is 3.25. The van der Waals surface area contributed by atoms with Crippen molar-refractivity contribution in [2.24, 2.45) is 11.7 Å². The van der Waals surface area contributed by atoms with Crippen LogP contribution in [0.2, 0.25) is 10.0 Å². The molecule has 116 valence electrons. The Bertz CT molecular complexity index is 507. The van der Waals surface area contributed by atoms with E-state index in [1.54, 1.807) is 6.07 Å². The van der Waals surface area contributed by atoms with E-state index in [4.69, 9.17) is 28.9 Å². The highest BCUT2D eigenvalue weighted by atomic mass is 35.5. The van der Waals surface area contributed by atoms with Crippen molar-refractivity contribution >= 4 is 29.1 Å². The number of rotatable bonds is 4. The predicted octanol–water partition coefficient (Wildman–Crippen LogP) is 3.86. The topological polar surface area (TPSA) is 46.3 Å². The molecular weight excluding hydrogens is 307 g/mol. The Kier molecular flexibility index (Phi) is 5.91. The maximum Gasteiger partial charge on any atom is 0.226 e. The van der Waals surface area contributed by atoms with Gasteiger partial charge >= 0.3 is 0 Å². The van der Waals surface area contributed by atoms with Crippen LogP contribution in [0.4, 0.5) is 0 Å². The van der Waals surface area contributed by atoms with E-state index in [0.29, 0.717) is 23.1 Å². The van der Waals surface area contributed by atoms with Gasteiger partial charge in [-0.05, 0) is 43.9 Å². The van der Waals surface area contributed by atoms with Crippen LogP contribution in [0.3, 0.4) is 0 Å². The average molecular weight is 329 g/mol. The summed E-state index contributed by atoms with van der Waals surface area (Å²) < 4.78 is 0. The highest BCUT2D eigenvalue weighted by Crippen LogP contribution is 2.27. The minimum Gasteiger partial charge on any atom is -0.338 e. The van der Waals surface area contributed by atoms with Gasteiger partial charge in [-0.1, -0.05) is 35.7 Å². The molecular formula is C16H22Cl2N2O. The zero-order valence-electron chi connectivity index (χ0n) is 12.3. The van der Waals surface area contributed by atoms with Gasteiger partial charge in [-0.25, -0.2) is 0 Å². The van der Waals surface area contributed by atoms with Crippen LogP contribution in [0.5, 0.6) is 0 Å².